The summed E-state index contributed by atoms with van der Waals surface area (Å²) in [6.45, 7) is 15.6. The number of pyridine rings is 1. The van der Waals surface area contributed by atoms with Crippen molar-refractivity contribution in [2.75, 3.05) is 0 Å². The zero-order chi connectivity index (χ0) is 39.5. The first-order valence-electron chi connectivity index (χ1n) is 19.7. The Morgan fingerprint density at radius 3 is 2.05 bits per heavy atom. The second-order valence-electron chi connectivity index (χ2n) is 17.0. The summed E-state index contributed by atoms with van der Waals surface area (Å²) in [4.78, 5) is 10.5. The van der Waals surface area contributed by atoms with Crippen LogP contribution in [0.1, 0.15) is 58.4 Å². The number of hydrogen-bond donors (Lipinski definition) is 0. The minimum absolute atomic E-state index is 0. The smallest absolute Gasteiger partial charge is 0.515 e. The predicted molar refractivity (Wildman–Crippen MR) is 236 cm³/mol. The second-order valence-corrected chi connectivity index (χ2v) is 17.0. The van der Waals surface area contributed by atoms with Gasteiger partial charge < -0.3 is 4.42 Å². The molecule has 3 aromatic heterocycles. The van der Waals surface area contributed by atoms with E-state index in [9.17, 15) is 0 Å². The molecule has 0 saturated heterocycles. The van der Waals surface area contributed by atoms with Gasteiger partial charge in [-0.15, -0.1) is 53.6 Å². The third-order valence-electron chi connectivity index (χ3n) is 10.9. The minimum Gasteiger partial charge on any atom is -0.515 e. The number of imidazole rings is 1. The quantitative estimate of drug-likeness (QED) is 0.156. The van der Waals surface area contributed by atoms with Gasteiger partial charge in [0.25, 0.3) is 0 Å². The molecule has 9 rings (SSSR count). The molecule has 0 unspecified atom stereocenters. The van der Waals surface area contributed by atoms with E-state index in [1.54, 1.807) is 0 Å². The largest absolute Gasteiger partial charge is 2.00 e. The first kappa shape index (κ1) is 39.0. The van der Waals surface area contributed by atoms with E-state index in [1.807, 2.05) is 37.4 Å². The van der Waals surface area contributed by atoms with E-state index in [4.69, 9.17) is 14.4 Å². The molecule has 0 atom stereocenters. The van der Waals surface area contributed by atoms with Gasteiger partial charge in [-0.25, -0.2) is 4.98 Å². The Labute approximate surface area is 355 Å². The van der Waals surface area contributed by atoms with Crippen LogP contribution in [-0.4, -0.2) is 14.5 Å². The van der Waals surface area contributed by atoms with Crippen molar-refractivity contribution in [3.8, 4) is 61.7 Å². The Kier molecular flexibility index (Phi) is 10.2. The predicted octanol–water partition coefficient (Wildman–Crippen LogP) is 14.0. The Hall–Kier alpha value is -5.83. The summed E-state index contributed by atoms with van der Waals surface area (Å²) in [6, 6.07) is 56.5. The third-order valence-corrected chi connectivity index (χ3v) is 10.9. The van der Waals surface area contributed by atoms with Crippen molar-refractivity contribution in [3.63, 3.8) is 0 Å². The van der Waals surface area contributed by atoms with Gasteiger partial charge in [-0.1, -0.05) is 143 Å². The van der Waals surface area contributed by atoms with Crippen LogP contribution in [-0.2, 0) is 31.9 Å². The molecule has 0 aliphatic heterocycles. The molecular formula is C53H45N3OPt. The zero-order valence-corrected chi connectivity index (χ0v) is 36.2. The molecular weight excluding hydrogens is 890 g/mol. The van der Waals surface area contributed by atoms with Crippen molar-refractivity contribution in [1.82, 2.24) is 14.5 Å². The summed E-state index contributed by atoms with van der Waals surface area (Å²) in [7, 11) is 0. The fourth-order valence-corrected chi connectivity index (χ4v) is 7.81. The number of hydrogen-bond acceptors (Lipinski definition) is 3. The molecule has 0 amide bonds. The molecule has 9 aromatic rings. The fourth-order valence-electron chi connectivity index (χ4n) is 7.81. The van der Waals surface area contributed by atoms with Gasteiger partial charge in [0.05, 0.1) is 22.5 Å². The van der Waals surface area contributed by atoms with E-state index in [1.165, 1.54) is 11.1 Å². The van der Waals surface area contributed by atoms with Gasteiger partial charge >= 0.3 is 21.1 Å². The average molecular weight is 935 g/mol. The second kappa shape index (κ2) is 15.2. The van der Waals surface area contributed by atoms with E-state index in [0.717, 1.165) is 89.5 Å². The van der Waals surface area contributed by atoms with Gasteiger partial charge in [-0.05, 0) is 69.8 Å². The van der Waals surface area contributed by atoms with Crippen LogP contribution in [0.3, 0.4) is 0 Å². The third kappa shape index (κ3) is 7.16. The Bertz CT molecular complexity index is 2930. The van der Waals surface area contributed by atoms with Crippen molar-refractivity contribution in [2.45, 2.75) is 59.3 Å². The van der Waals surface area contributed by atoms with Crippen molar-refractivity contribution in [2.24, 2.45) is 0 Å². The standard InChI is InChI=1S/C53H45N3O.Pt/c1-34-49(43-21-14-15-24-48(43)57-34)51-55-50-42(22-16-23-47(50)56(51)46-26-25-40(52(2,3)4)33-44(46)36-19-12-9-13-20-36)38-29-39(31-41(30-38)53(5,6)7)45-32-37(27-28-54-45)35-17-10-8-11-18-35;/h8-20,22-28,30-33H,1-7H3;/q-2;+2. The van der Waals surface area contributed by atoms with Crippen molar-refractivity contribution < 1.29 is 25.5 Å². The summed E-state index contributed by atoms with van der Waals surface area (Å²) in [5, 5.41) is 0.911. The summed E-state index contributed by atoms with van der Waals surface area (Å²) >= 11 is 0. The van der Waals surface area contributed by atoms with E-state index in [-0.39, 0.29) is 31.9 Å². The molecule has 4 nitrogen and oxygen atoms in total. The first-order chi connectivity index (χ1) is 27.4. The van der Waals surface area contributed by atoms with Crippen LogP contribution < -0.4 is 0 Å². The molecule has 5 heteroatoms. The molecule has 0 radical (unpaired) electrons. The summed E-state index contributed by atoms with van der Waals surface area (Å²) < 4.78 is 8.72. The zero-order valence-electron chi connectivity index (χ0n) is 33.9. The molecule has 3 heterocycles. The minimum atomic E-state index is -0.129. The fraction of sp³-hybridized carbons (Fsp3) is 0.170. The summed E-state index contributed by atoms with van der Waals surface area (Å²) in [5.41, 5.74) is 15.3. The van der Waals surface area contributed by atoms with E-state index < -0.39 is 0 Å². The van der Waals surface area contributed by atoms with E-state index >= 15 is 0 Å². The molecule has 288 valence electrons. The van der Waals surface area contributed by atoms with Crippen LogP contribution in [0.15, 0.2) is 150 Å². The molecule has 0 aliphatic carbocycles. The summed E-state index contributed by atoms with van der Waals surface area (Å²) in [6.07, 6.45) is 1.90. The average Bonchev–Trinajstić information content (AvgIpc) is 3.77. The topological polar surface area (TPSA) is 43.9 Å². The first-order valence-corrected chi connectivity index (χ1v) is 19.7. The monoisotopic (exact) mass is 934 g/mol. The normalized spacial score (nSPS) is 11.9. The number of nitrogens with zero attached hydrogens (tertiary/aromatic N) is 3. The van der Waals surface area contributed by atoms with Gasteiger partial charge in [0.2, 0.25) is 0 Å². The van der Waals surface area contributed by atoms with Crippen LogP contribution in [0.4, 0.5) is 0 Å². The Morgan fingerprint density at radius 1 is 0.621 bits per heavy atom. The molecule has 6 aromatic carbocycles. The van der Waals surface area contributed by atoms with Crippen LogP contribution in [0, 0.1) is 19.1 Å². The number of furan rings is 1. The maximum Gasteiger partial charge on any atom is 2.00 e. The Balaban J connectivity index is 0.00000469. The summed E-state index contributed by atoms with van der Waals surface area (Å²) in [5.74, 6) is 1.60. The number of rotatable bonds is 6. The maximum absolute atomic E-state index is 6.40. The molecule has 0 spiro atoms. The van der Waals surface area contributed by atoms with Crippen LogP contribution in [0.25, 0.3) is 83.7 Å². The van der Waals surface area contributed by atoms with Crippen LogP contribution >= 0.6 is 0 Å². The van der Waals surface area contributed by atoms with Crippen molar-refractivity contribution >= 4 is 22.0 Å². The van der Waals surface area contributed by atoms with E-state index in [2.05, 4.69) is 174 Å². The number of fused-ring (bicyclic) bond motifs is 2. The molecule has 0 N–H and O–H groups in total. The Morgan fingerprint density at radius 2 is 1.33 bits per heavy atom. The SMILES string of the molecule is Cc1oc2ccc[c-]c2c1-c1nc2c(-c3[c-]c(-c4cc(-c5ccccc5)ccn4)cc(C(C)(C)C)c3)cccc2n1-c1ccc(C(C)(C)C)cc1-c1ccccc1.[Pt+2]. The number of aryl methyl sites for hydroxylation is 1. The van der Waals surface area contributed by atoms with Gasteiger partial charge in [-0.2, -0.15) is 0 Å². The molecule has 0 aliphatic rings. The van der Waals surface area contributed by atoms with Gasteiger partial charge in [0.15, 0.2) is 0 Å². The maximum atomic E-state index is 6.40. The molecule has 0 fully saturated rings. The number of aromatic nitrogens is 3. The molecule has 58 heavy (non-hydrogen) atoms. The van der Waals surface area contributed by atoms with Crippen LogP contribution in [0.2, 0.25) is 0 Å². The molecule has 0 saturated carbocycles. The number of benzene rings is 6. The van der Waals surface area contributed by atoms with Crippen molar-refractivity contribution in [3.05, 3.63) is 175 Å². The van der Waals surface area contributed by atoms with Gasteiger partial charge in [0, 0.05) is 23.0 Å². The van der Waals surface area contributed by atoms with E-state index in [0.29, 0.717) is 0 Å². The van der Waals surface area contributed by atoms with Crippen molar-refractivity contribution in [1.29, 1.82) is 0 Å². The number of para-hydroxylation sites is 1. The van der Waals surface area contributed by atoms with Gasteiger partial charge in [0.1, 0.15) is 5.82 Å². The molecule has 0 bridgehead atoms. The van der Waals surface area contributed by atoms with Gasteiger partial charge in [-0.3, -0.25) is 9.55 Å². The van der Waals surface area contributed by atoms with Crippen LogP contribution in [0.5, 0.6) is 0 Å².